The van der Waals surface area contributed by atoms with Gasteiger partial charge in [-0.05, 0) is 52.5 Å². The fourth-order valence-corrected chi connectivity index (χ4v) is 2.25. The number of rotatable bonds is 8. The molecule has 1 aliphatic heterocycles. The molecule has 96 valence electrons. The highest BCUT2D eigenvalue weighted by Crippen LogP contribution is 2.19. The van der Waals surface area contributed by atoms with Gasteiger partial charge in [0.25, 0.3) is 0 Å². The van der Waals surface area contributed by atoms with Crippen LogP contribution in [0.2, 0.25) is 0 Å². The van der Waals surface area contributed by atoms with E-state index in [4.69, 9.17) is 9.47 Å². The van der Waals surface area contributed by atoms with Crippen molar-refractivity contribution in [2.75, 3.05) is 20.8 Å². The molecule has 0 bridgehead atoms. The zero-order chi connectivity index (χ0) is 11.8. The van der Waals surface area contributed by atoms with Gasteiger partial charge in [-0.2, -0.15) is 0 Å². The second-order valence-corrected chi connectivity index (χ2v) is 4.82. The Labute approximate surface area is 99.9 Å². The van der Waals surface area contributed by atoms with Crippen LogP contribution >= 0.6 is 0 Å². The van der Waals surface area contributed by atoms with Crippen molar-refractivity contribution < 1.29 is 9.47 Å². The average Bonchev–Trinajstić information content (AvgIpc) is 2.81. The third-order valence-corrected chi connectivity index (χ3v) is 3.59. The van der Waals surface area contributed by atoms with Gasteiger partial charge in [0.1, 0.15) is 0 Å². The van der Waals surface area contributed by atoms with E-state index in [9.17, 15) is 0 Å². The highest BCUT2D eigenvalue weighted by Gasteiger charge is 2.17. The van der Waals surface area contributed by atoms with Crippen molar-refractivity contribution in [1.29, 1.82) is 0 Å². The number of methoxy groups -OCH3 is 1. The van der Waals surface area contributed by atoms with Crippen molar-refractivity contribution in [2.24, 2.45) is 0 Å². The minimum atomic E-state index is 0.374. The number of hydrogen-bond acceptors (Lipinski definition) is 3. The Morgan fingerprint density at radius 2 is 2.19 bits per heavy atom. The molecule has 1 N–H and O–H groups in total. The molecule has 3 heteroatoms. The summed E-state index contributed by atoms with van der Waals surface area (Å²) in [6.45, 7) is 3.10. The van der Waals surface area contributed by atoms with Crippen LogP contribution in [0.25, 0.3) is 0 Å². The van der Waals surface area contributed by atoms with Gasteiger partial charge in [-0.3, -0.25) is 0 Å². The molecule has 0 amide bonds. The van der Waals surface area contributed by atoms with E-state index in [1.165, 1.54) is 32.1 Å². The Bertz CT molecular complexity index is 169. The third-order valence-electron chi connectivity index (χ3n) is 3.59. The van der Waals surface area contributed by atoms with Crippen LogP contribution in [0.5, 0.6) is 0 Å². The molecule has 3 nitrogen and oxygen atoms in total. The minimum absolute atomic E-state index is 0.374. The van der Waals surface area contributed by atoms with E-state index in [-0.39, 0.29) is 0 Å². The summed E-state index contributed by atoms with van der Waals surface area (Å²) in [5.74, 6) is 0. The maximum atomic E-state index is 5.64. The largest absolute Gasteiger partial charge is 0.382 e. The van der Waals surface area contributed by atoms with Crippen LogP contribution in [0.4, 0.5) is 0 Å². The lowest BCUT2D eigenvalue weighted by atomic mass is 10.0. The molecule has 3 unspecified atom stereocenters. The molecule has 1 heterocycles. The SMILES string of the molecule is CNC(CCC(C)OC)CCC1CCCO1. The highest BCUT2D eigenvalue weighted by atomic mass is 16.5. The Balaban J connectivity index is 2.10. The standard InChI is InChI=1S/C13H27NO2/c1-11(15-3)6-7-12(14-2)8-9-13-5-4-10-16-13/h11-14H,4-10H2,1-3H3. The maximum Gasteiger partial charge on any atom is 0.0576 e. The minimum Gasteiger partial charge on any atom is -0.382 e. The Morgan fingerprint density at radius 1 is 1.38 bits per heavy atom. The molecule has 0 spiro atoms. The molecule has 1 rings (SSSR count). The molecule has 16 heavy (non-hydrogen) atoms. The highest BCUT2D eigenvalue weighted by molar-refractivity contribution is 4.72. The Morgan fingerprint density at radius 3 is 2.75 bits per heavy atom. The number of hydrogen-bond donors (Lipinski definition) is 1. The third kappa shape index (κ3) is 5.28. The van der Waals surface area contributed by atoms with E-state index in [1.807, 2.05) is 0 Å². The van der Waals surface area contributed by atoms with Gasteiger partial charge < -0.3 is 14.8 Å². The second-order valence-electron chi connectivity index (χ2n) is 4.82. The van der Waals surface area contributed by atoms with Crippen molar-refractivity contribution in [3.63, 3.8) is 0 Å². The van der Waals surface area contributed by atoms with Crippen LogP contribution in [0, 0.1) is 0 Å². The van der Waals surface area contributed by atoms with Gasteiger partial charge >= 0.3 is 0 Å². The molecule has 0 aliphatic carbocycles. The topological polar surface area (TPSA) is 30.5 Å². The molecule has 0 aromatic rings. The fraction of sp³-hybridized carbons (Fsp3) is 1.00. The molecular formula is C13H27NO2. The Hall–Kier alpha value is -0.120. The molecule has 0 aromatic carbocycles. The first-order chi connectivity index (χ1) is 7.76. The Kier molecular flexibility index (Phi) is 7.01. The van der Waals surface area contributed by atoms with Crippen LogP contribution in [0.3, 0.4) is 0 Å². The molecule has 0 radical (unpaired) electrons. The molecule has 1 saturated heterocycles. The molecule has 3 atom stereocenters. The lowest BCUT2D eigenvalue weighted by Crippen LogP contribution is -2.27. The molecule has 0 aromatic heterocycles. The lowest BCUT2D eigenvalue weighted by Gasteiger charge is -2.19. The van der Waals surface area contributed by atoms with E-state index >= 15 is 0 Å². The van der Waals surface area contributed by atoms with Gasteiger partial charge in [0.15, 0.2) is 0 Å². The monoisotopic (exact) mass is 229 g/mol. The van der Waals surface area contributed by atoms with Crippen LogP contribution in [0.15, 0.2) is 0 Å². The average molecular weight is 229 g/mol. The van der Waals surface area contributed by atoms with Gasteiger partial charge in [0, 0.05) is 19.8 Å². The van der Waals surface area contributed by atoms with Crippen molar-refractivity contribution >= 4 is 0 Å². The van der Waals surface area contributed by atoms with Crippen LogP contribution in [-0.2, 0) is 9.47 Å². The zero-order valence-corrected chi connectivity index (χ0v) is 11.0. The normalized spacial score (nSPS) is 24.6. The number of ether oxygens (including phenoxy) is 2. The zero-order valence-electron chi connectivity index (χ0n) is 11.0. The predicted octanol–water partition coefficient (Wildman–Crippen LogP) is 2.35. The number of nitrogens with one attached hydrogen (secondary N) is 1. The van der Waals surface area contributed by atoms with Gasteiger partial charge in [-0.15, -0.1) is 0 Å². The van der Waals surface area contributed by atoms with Crippen molar-refractivity contribution in [3.8, 4) is 0 Å². The van der Waals surface area contributed by atoms with Crippen LogP contribution in [-0.4, -0.2) is 39.0 Å². The summed E-state index contributed by atoms with van der Waals surface area (Å²) in [6, 6.07) is 0.613. The van der Waals surface area contributed by atoms with E-state index < -0.39 is 0 Å². The second kappa shape index (κ2) is 8.04. The summed E-state index contributed by atoms with van der Waals surface area (Å²) in [5, 5.41) is 3.39. The molecular weight excluding hydrogens is 202 g/mol. The van der Waals surface area contributed by atoms with E-state index in [2.05, 4.69) is 19.3 Å². The summed E-state index contributed by atoms with van der Waals surface area (Å²) in [5.41, 5.74) is 0. The smallest absolute Gasteiger partial charge is 0.0576 e. The van der Waals surface area contributed by atoms with Crippen LogP contribution < -0.4 is 5.32 Å². The summed E-state index contributed by atoms with van der Waals surface area (Å²) in [4.78, 5) is 0. The van der Waals surface area contributed by atoms with Gasteiger partial charge in [0.2, 0.25) is 0 Å². The summed E-state index contributed by atoms with van der Waals surface area (Å²) in [6.07, 6.45) is 8.14. The molecule has 1 fully saturated rings. The first-order valence-electron chi connectivity index (χ1n) is 6.58. The van der Waals surface area contributed by atoms with E-state index in [0.29, 0.717) is 18.2 Å². The van der Waals surface area contributed by atoms with Gasteiger partial charge in [0.05, 0.1) is 12.2 Å². The first kappa shape index (κ1) is 13.9. The van der Waals surface area contributed by atoms with Gasteiger partial charge in [-0.1, -0.05) is 0 Å². The van der Waals surface area contributed by atoms with Gasteiger partial charge in [-0.25, -0.2) is 0 Å². The van der Waals surface area contributed by atoms with Crippen molar-refractivity contribution in [1.82, 2.24) is 5.32 Å². The fourth-order valence-electron chi connectivity index (χ4n) is 2.25. The predicted molar refractivity (Wildman–Crippen MR) is 66.8 cm³/mol. The molecule has 1 aliphatic rings. The van der Waals surface area contributed by atoms with Crippen molar-refractivity contribution in [3.05, 3.63) is 0 Å². The maximum absolute atomic E-state index is 5.64. The van der Waals surface area contributed by atoms with E-state index in [0.717, 1.165) is 13.0 Å². The summed E-state index contributed by atoms with van der Waals surface area (Å²) < 4.78 is 10.9. The summed E-state index contributed by atoms with van der Waals surface area (Å²) >= 11 is 0. The van der Waals surface area contributed by atoms with E-state index in [1.54, 1.807) is 7.11 Å². The lowest BCUT2D eigenvalue weighted by molar-refractivity contribution is 0.0940. The van der Waals surface area contributed by atoms with Crippen LogP contribution in [0.1, 0.15) is 45.4 Å². The quantitative estimate of drug-likeness (QED) is 0.693. The summed E-state index contributed by atoms with van der Waals surface area (Å²) in [7, 11) is 3.84. The first-order valence-corrected chi connectivity index (χ1v) is 6.58. The van der Waals surface area contributed by atoms with Crippen molar-refractivity contribution in [2.45, 2.75) is 63.7 Å². The molecule has 0 saturated carbocycles.